The topological polar surface area (TPSA) is 232 Å². The highest BCUT2D eigenvalue weighted by molar-refractivity contribution is 5.75. The van der Waals surface area contributed by atoms with Gasteiger partial charge in [-0.2, -0.15) is 0 Å². The second-order valence-corrected chi connectivity index (χ2v) is 9.69. The first-order valence-electron chi connectivity index (χ1n) is 14.6. The molecular formula is C27H45N5O13. The Morgan fingerprint density at radius 1 is 0.800 bits per heavy atom. The van der Waals surface area contributed by atoms with E-state index in [-0.39, 0.29) is 32.1 Å². The molecule has 2 amide bonds. The van der Waals surface area contributed by atoms with Crippen molar-refractivity contribution in [3.8, 4) is 0 Å². The Morgan fingerprint density at radius 2 is 1.42 bits per heavy atom. The standard InChI is InChI=1S/C27H45N5O13/c1-18(33)31-24-26(44-21(4)36)25(43-20(3)35)22(17-42-19(2)34)45-27(24)41-10-6-5-7-23(37)29-8-11-38-13-15-40-16-14-39-12-9-30-32-28/h22,24-27H,5-17H2,1-4H3,(H,29,37)(H,31,33). The second-order valence-electron chi connectivity index (χ2n) is 9.69. The highest BCUT2D eigenvalue weighted by Gasteiger charge is 2.51. The van der Waals surface area contributed by atoms with Crippen LogP contribution in [0, 0.1) is 0 Å². The maximum Gasteiger partial charge on any atom is 0.303 e. The van der Waals surface area contributed by atoms with Gasteiger partial charge in [-0.25, -0.2) is 0 Å². The quantitative estimate of drug-likeness (QED) is 0.0380. The molecule has 18 nitrogen and oxygen atoms in total. The number of unbranched alkanes of at least 4 members (excludes halogenated alkanes) is 1. The first-order valence-corrected chi connectivity index (χ1v) is 14.6. The van der Waals surface area contributed by atoms with Crippen LogP contribution in [-0.4, -0.2) is 126 Å². The first-order chi connectivity index (χ1) is 21.5. The molecule has 0 radical (unpaired) electrons. The average Bonchev–Trinajstić information content (AvgIpc) is 2.96. The van der Waals surface area contributed by atoms with Crippen LogP contribution in [-0.2, 0) is 61.9 Å². The van der Waals surface area contributed by atoms with Crippen LogP contribution in [0.5, 0.6) is 0 Å². The third kappa shape index (κ3) is 18.8. The lowest BCUT2D eigenvalue weighted by Crippen LogP contribution is -2.66. The van der Waals surface area contributed by atoms with E-state index in [0.717, 1.165) is 13.8 Å². The summed E-state index contributed by atoms with van der Waals surface area (Å²) >= 11 is 0. The van der Waals surface area contributed by atoms with Gasteiger partial charge in [0.25, 0.3) is 0 Å². The van der Waals surface area contributed by atoms with Gasteiger partial charge < -0.3 is 48.5 Å². The number of nitrogens with zero attached hydrogens (tertiary/aromatic N) is 3. The third-order valence-corrected chi connectivity index (χ3v) is 5.86. The van der Waals surface area contributed by atoms with E-state index < -0.39 is 54.5 Å². The van der Waals surface area contributed by atoms with Crippen LogP contribution in [0.4, 0.5) is 0 Å². The predicted octanol–water partition coefficient (Wildman–Crippen LogP) is 0.306. The van der Waals surface area contributed by atoms with E-state index >= 15 is 0 Å². The van der Waals surface area contributed by atoms with Crippen molar-refractivity contribution in [1.29, 1.82) is 0 Å². The van der Waals surface area contributed by atoms with E-state index in [1.54, 1.807) is 0 Å². The van der Waals surface area contributed by atoms with Crippen LogP contribution in [0.3, 0.4) is 0 Å². The summed E-state index contributed by atoms with van der Waals surface area (Å²) in [6.07, 6.45) is -3.47. The molecule has 0 aromatic rings. The Labute approximate surface area is 261 Å². The maximum atomic E-state index is 12.1. The molecular weight excluding hydrogens is 602 g/mol. The zero-order valence-electron chi connectivity index (χ0n) is 26.2. The van der Waals surface area contributed by atoms with Gasteiger partial charge >= 0.3 is 17.9 Å². The maximum absolute atomic E-state index is 12.1. The lowest BCUT2D eigenvalue weighted by molar-refractivity contribution is -0.277. The molecule has 45 heavy (non-hydrogen) atoms. The molecule has 1 heterocycles. The minimum atomic E-state index is -1.20. The van der Waals surface area contributed by atoms with Crippen LogP contribution >= 0.6 is 0 Å². The Hall–Kier alpha value is -3.54. The molecule has 1 fully saturated rings. The largest absolute Gasteiger partial charge is 0.463 e. The van der Waals surface area contributed by atoms with Crippen LogP contribution in [0.15, 0.2) is 5.11 Å². The molecule has 2 N–H and O–H groups in total. The molecule has 1 aliphatic heterocycles. The number of amides is 2. The normalized spacial score (nSPS) is 20.8. The van der Waals surface area contributed by atoms with Crippen LogP contribution in [0.2, 0.25) is 0 Å². The van der Waals surface area contributed by atoms with Gasteiger partial charge in [-0.1, -0.05) is 5.11 Å². The van der Waals surface area contributed by atoms with Crippen molar-refractivity contribution in [3.63, 3.8) is 0 Å². The smallest absolute Gasteiger partial charge is 0.303 e. The predicted molar refractivity (Wildman–Crippen MR) is 153 cm³/mol. The average molecular weight is 648 g/mol. The van der Waals surface area contributed by atoms with E-state index in [0.29, 0.717) is 59.0 Å². The van der Waals surface area contributed by atoms with Gasteiger partial charge in [-0.15, -0.1) is 0 Å². The highest BCUT2D eigenvalue weighted by atomic mass is 16.7. The molecule has 5 unspecified atom stereocenters. The van der Waals surface area contributed by atoms with Crippen LogP contribution in [0.1, 0.15) is 47.0 Å². The molecule has 1 aliphatic rings. The fraction of sp³-hybridized carbons (Fsp3) is 0.815. The number of carbonyl (C=O) groups is 5. The van der Waals surface area contributed by atoms with Gasteiger partial charge in [0, 0.05) is 58.7 Å². The summed E-state index contributed by atoms with van der Waals surface area (Å²) in [6, 6.07) is -1.05. The van der Waals surface area contributed by atoms with Crippen molar-refractivity contribution in [2.45, 2.75) is 77.6 Å². The van der Waals surface area contributed by atoms with Gasteiger partial charge in [-0.05, 0) is 18.4 Å². The Balaban J connectivity index is 2.45. The molecule has 0 aliphatic carbocycles. The fourth-order valence-electron chi connectivity index (χ4n) is 4.06. The lowest BCUT2D eigenvalue weighted by Gasteiger charge is -2.44. The van der Waals surface area contributed by atoms with Crippen molar-refractivity contribution in [2.24, 2.45) is 5.11 Å². The number of azide groups is 1. The van der Waals surface area contributed by atoms with Crippen molar-refractivity contribution < 1.29 is 61.9 Å². The Morgan fingerprint density at radius 3 is 2.02 bits per heavy atom. The Kier molecular flexibility index (Phi) is 20.9. The van der Waals surface area contributed by atoms with E-state index in [1.165, 1.54) is 13.8 Å². The molecule has 18 heteroatoms. The van der Waals surface area contributed by atoms with Gasteiger partial charge in [0.15, 0.2) is 18.5 Å². The van der Waals surface area contributed by atoms with Crippen LogP contribution in [0.25, 0.3) is 10.4 Å². The molecule has 0 saturated carbocycles. The minimum Gasteiger partial charge on any atom is -0.463 e. The molecule has 1 rings (SSSR count). The zero-order chi connectivity index (χ0) is 33.5. The molecule has 0 spiro atoms. The monoisotopic (exact) mass is 647 g/mol. The SMILES string of the molecule is CC(=O)NC1C(OCCCCC(=O)NCCOCCOCCOCCN=[N+]=[N-])OC(COC(C)=O)C(OC(C)=O)C1OC(C)=O. The summed E-state index contributed by atoms with van der Waals surface area (Å²) < 4.78 is 43.6. The second kappa shape index (κ2) is 23.8. The van der Waals surface area contributed by atoms with Gasteiger partial charge in [-0.3, -0.25) is 24.0 Å². The van der Waals surface area contributed by atoms with Gasteiger partial charge in [0.1, 0.15) is 18.8 Å². The van der Waals surface area contributed by atoms with Crippen molar-refractivity contribution in [2.75, 3.05) is 65.9 Å². The minimum absolute atomic E-state index is 0.112. The van der Waals surface area contributed by atoms with E-state index in [1.807, 2.05) is 0 Å². The number of ether oxygens (including phenoxy) is 8. The Bertz CT molecular complexity index is 979. The summed E-state index contributed by atoms with van der Waals surface area (Å²) in [6.45, 7) is 7.29. The number of hydrogen-bond donors (Lipinski definition) is 2. The number of nitrogens with one attached hydrogen (secondary N) is 2. The molecule has 0 aromatic heterocycles. The van der Waals surface area contributed by atoms with Crippen molar-refractivity contribution in [3.05, 3.63) is 10.4 Å². The number of carbonyl (C=O) groups excluding carboxylic acids is 5. The summed E-state index contributed by atoms with van der Waals surface area (Å²) in [7, 11) is 0. The number of rotatable bonds is 23. The first kappa shape index (κ1) is 39.5. The van der Waals surface area contributed by atoms with Crippen molar-refractivity contribution >= 4 is 29.7 Å². The third-order valence-electron chi connectivity index (χ3n) is 5.86. The number of esters is 3. The number of hydrogen-bond acceptors (Lipinski definition) is 14. The van der Waals surface area contributed by atoms with Crippen molar-refractivity contribution in [1.82, 2.24) is 10.6 Å². The molecule has 256 valence electrons. The van der Waals surface area contributed by atoms with E-state index in [9.17, 15) is 24.0 Å². The summed E-state index contributed by atoms with van der Waals surface area (Å²) in [5, 5.41) is 8.73. The fourth-order valence-corrected chi connectivity index (χ4v) is 4.06. The van der Waals surface area contributed by atoms with Crippen LogP contribution < -0.4 is 10.6 Å². The van der Waals surface area contributed by atoms with Gasteiger partial charge in [0.05, 0.1) is 39.6 Å². The zero-order valence-corrected chi connectivity index (χ0v) is 26.2. The highest BCUT2D eigenvalue weighted by Crippen LogP contribution is 2.28. The van der Waals surface area contributed by atoms with E-state index in [2.05, 4.69) is 20.7 Å². The molecule has 0 bridgehead atoms. The van der Waals surface area contributed by atoms with Gasteiger partial charge in [0.2, 0.25) is 11.8 Å². The van der Waals surface area contributed by atoms with E-state index in [4.69, 9.17) is 43.4 Å². The summed E-state index contributed by atoms with van der Waals surface area (Å²) in [5.74, 6) is -2.66. The summed E-state index contributed by atoms with van der Waals surface area (Å²) in [5.41, 5.74) is 8.16. The molecule has 1 saturated heterocycles. The summed E-state index contributed by atoms with van der Waals surface area (Å²) in [4.78, 5) is 61.9. The molecule has 5 atom stereocenters. The molecule has 0 aromatic carbocycles. The lowest BCUT2D eigenvalue weighted by atomic mass is 9.96.